The number of hydrogen-bond acceptors (Lipinski definition) is 5. The Morgan fingerprint density at radius 2 is 1.79 bits per heavy atom. The zero-order chi connectivity index (χ0) is 20.8. The molecule has 4 rings (SSSR count). The van der Waals surface area contributed by atoms with Gasteiger partial charge in [-0.3, -0.25) is 9.78 Å². The Hall–Kier alpha value is -3.04. The van der Waals surface area contributed by atoms with Crippen molar-refractivity contribution >= 4 is 17.4 Å². The van der Waals surface area contributed by atoms with E-state index in [-0.39, 0.29) is 23.6 Å². The van der Waals surface area contributed by atoms with Crippen molar-refractivity contribution in [3.05, 3.63) is 52.1 Å². The normalized spacial score (nSPS) is 21.9. The number of nitrogen functional groups attached to an aromatic ring is 1. The molecule has 2 heterocycles. The van der Waals surface area contributed by atoms with Gasteiger partial charge in [-0.1, -0.05) is 12.1 Å². The second kappa shape index (κ2) is 7.09. The molecule has 2 atom stereocenters. The maximum atomic E-state index is 12.8. The lowest BCUT2D eigenvalue weighted by atomic mass is 10.1. The Morgan fingerprint density at radius 3 is 2.38 bits per heavy atom. The number of alkyl halides is 3. The third-order valence-electron chi connectivity index (χ3n) is 5.53. The lowest BCUT2D eigenvalue weighted by molar-refractivity contribution is -0.137. The van der Waals surface area contributed by atoms with Crippen molar-refractivity contribution in [2.75, 3.05) is 36.8 Å². The van der Waals surface area contributed by atoms with Crippen LogP contribution in [0.15, 0.2) is 35.3 Å². The number of nitrogens with two attached hydrogens (primary N) is 1. The van der Waals surface area contributed by atoms with Crippen molar-refractivity contribution < 1.29 is 18.0 Å². The van der Waals surface area contributed by atoms with E-state index in [1.807, 2.05) is 4.90 Å². The van der Waals surface area contributed by atoms with E-state index in [1.165, 1.54) is 18.3 Å². The van der Waals surface area contributed by atoms with Gasteiger partial charge in [-0.2, -0.15) is 18.2 Å². The summed E-state index contributed by atoms with van der Waals surface area (Å²) in [4.78, 5) is 33.8. The number of rotatable bonds is 3. The van der Waals surface area contributed by atoms with Crippen LogP contribution in [-0.2, 0) is 11.0 Å². The van der Waals surface area contributed by atoms with Crippen molar-refractivity contribution in [2.24, 2.45) is 5.92 Å². The summed E-state index contributed by atoms with van der Waals surface area (Å²) in [5.74, 6) is 0.0661. The van der Waals surface area contributed by atoms with Gasteiger partial charge < -0.3 is 15.5 Å². The minimum Gasteiger partial charge on any atom is -0.383 e. The molecule has 1 aromatic heterocycles. The summed E-state index contributed by atoms with van der Waals surface area (Å²) in [6, 6.07) is 5.06. The average molecular weight is 407 g/mol. The molecule has 2 fully saturated rings. The highest BCUT2D eigenvalue weighted by Gasteiger charge is 2.46. The Morgan fingerprint density at radius 1 is 1.14 bits per heavy atom. The van der Waals surface area contributed by atoms with Crippen molar-refractivity contribution in [3.63, 3.8) is 0 Å². The number of H-pyrrole nitrogens is 1. The second-order valence-corrected chi connectivity index (χ2v) is 7.37. The lowest BCUT2D eigenvalue weighted by Gasteiger charge is -2.36. The number of anilines is 2. The second-order valence-electron chi connectivity index (χ2n) is 7.37. The third-order valence-corrected chi connectivity index (χ3v) is 5.53. The van der Waals surface area contributed by atoms with Gasteiger partial charge in [0.2, 0.25) is 5.91 Å². The number of piperazine rings is 1. The number of halogens is 3. The molecule has 1 aliphatic heterocycles. The summed E-state index contributed by atoms with van der Waals surface area (Å²) in [7, 11) is 0. The highest BCUT2D eigenvalue weighted by Crippen LogP contribution is 2.49. The molecule has 2 aromatic rings. The lowest BCUT2D eigenvalue weighted by Crippen LogP contribution is -2.49. The van der Waals surface area contributed by atoms with Crippen LogP contribution in [0.25, 0.3) is 0 Å². The number of carbonyl (C=O) groups is 1. The molecule has 1 amide bonds. The number of benzene rings is 1. The quantitative estimate of drug-likeness (QED) is 0.809. The van der Waals surface area contributed by atoms with Crippen LogP contribution in [0.1, 0.15) is 23.5 Å². The third kappa shape index (κ3) is 3.92. The van der Waals surface area contributed by atoms with Crippen molar-refractivity contribution in [3.8, 4) is 0 Å². The van der Waals surface area contributed by atoms with Crippen LogP contribution in [0, 0.1) is 5.92 Å². The molecule has 0 spiro atoms. The maximum absolute atomic E-state index is 12.8. The van der Waals surface area contributed by atoms with Crippen LogP contribution in [0.3, 0.4) is 0 Å². The van der Waals surface area contributed by atoms with Gasteiger partial charge in [-0.05, 0) is 30.0 Å². The Balaban J connectivity index is 1.34. The van der Waals surface area contributed by atoms with Crippen molar-refractivity contribution in [2.45, 2.75) is 18.5 Å². The Labute approximate surface area is 164 Å². The van der Waals surface area contributed by atoms with Crippen LogP contribution >= 0.6 is 0 Å². The molecule has 7 nitrogen and oxygen atoms in total. The van der Waals surface area contributed by atoms with Crippen LogP contribution in [0.2, 0.25) is 0 Å². The molecule has 3 N–H and O–H groups in total. The SMILES string of the molecule is Nc1[nH]c(=O)ncc1N1CCN(C(=O)[C@@H]2C[C@@H]2c2ccc(C(F)(F)F)cc2)CC1. The van der Waals surface area contributed by atoms with Gasteiger partial charge in [0.15, 0.2) is 0 Å². The molecular formula is C19H20F3N5O2. The first-order valence-corrected chi connectivity index (χ1v) is 9.30. The van der Waals surface area contributed by atoms with Gasteiger partial charge in [0, 0.05) is 32.1 Å². The van der Waals surface area contributed by atoms with Gasteiger partial charge in [-0.15, -0.1) is 0 Å². The molecule has 2 aliphatic rings. The molecule has 0 radical (unpaired) electrons. The van der Waals surface area contributed by atoms with E-state index in [2.05, 4.69) is 9.97 Å². The first-order chi connectivity index (χ1) is 13.7. The van der Waals surface area contributed by atoms with Gasteiger partial charge >= 0.3 is 11.9 Å². The Kier molecular flexibility index (Phi) is 4.71. The number of aromatic amines is 1. The fraction of sp³-hybridized carbons (Fsp3) is 0.421. The highest BCUT2D eigenvalue weighted by atomic mass is 19.4. The summed E-state index contributed by atoms with van der Waals surface area (Å²) in [5.41, 5.74) is 6.04. The number of aromatic nitrogens is 2. The zero-order valence-corrected chi connectivity index (χ0v) is 15.4. The maximum Gasteiger partial charge on any atom is 0.416 e. The summed E-state index contributed by atoms with van der Waals surface area (Å²) >= 11 is 0. The number of amides is 1. The molecular weight excluding hydrogens is 387 g/mol. The molecule has 1 saturated carbocycles. The van der Waals surface area contributed by atoms with E-state index in [9.17, 15) is 22.8 Å². The van der Waals surface area contributed by atoms with E-state index in [4.69, 9.17) is 5.73 Å². The first kappa shape index (κ1) is 19.3. The molecule has 29 heavy (non-hydrogen) atoms. The van der Waals surface area contributed by atoms with Crippen molar-refractivity contribution in [1.29, 1.82) is 0 Å². The minimum absolute atomic E-state index is 0.0261. The topological polar surface area (TPSA) is 95.3 Å². The first-order valence-electron chi connectivity index (χ1n) is 9.30. The fourth-order valence-corrected chi connectivity index (χ4v) is 3.81. The van der Waals surface area contributed by atoms with Gasteiger partial charge in [0.25, 0.3) is 0 Å². The Bertz CT molecular complexity index is 965. The number of nitrogens with one attached hydrogen (secondary N) is 1. The van der Waals surface area contributed by atoms with Gasteiger partial charge in [0.1, 0.15) is 5.82 Å². The van der Waals surface area contributed by atoms with Gasteiger partial charge in [-0.25, -0.2) is 4.79 Å². The number of carbonyl (C=O) groups excluding carboxylic acids is 1. The molecule has 1 aromatic carbocycles. The summed E-state index contributed by atoms with van der Waals surface area (Å²) < 4.78 is 38.1. The smallest absolute Gasteiger partial charge is 0.383 e. The molecule has 1 saturated heterocycles. The number of nitrogens with zero attached hydrogens (tertiary/aromatic N) is 3. The highest BCUT2D eigenvalue weighted by molar-refractivity contribution is 5.83. The van der Waals surface area contributed by atoms with E-state index < -0.39 is 17.4 Å². The van der Waals surface area contributed by atoms with E-state index in [1.54, 1.807) is 4.90 Å². The van der Waals surface area contributed by atoms with Gasteiger partial charge in [0.05, 0.1) is 17.4 Å². The number of hydrogen-bond donors (Lipinski definition) is 2. The van der Waals surface area contributed by atoms with Crippen LogP contribution < -0.4 is 16.3 Å². The standard InChI is InChI=1S/C19H20F3N5O2/c20-19(21,22)12-3-1-11(2-4-12)13-9-14(13)17(28)27-7-5-26(6-8-27)15-10-24-18(29)25-16(15)23/h1-4,10,13-14H,5-9H2,(H3,23,24,25,29)/t13-,14-/m1/s1. The minimum atomic E-state index is -4.36. The van der Waals surface area contributed by atoms with Crippen LogP contribution in [0.4, 0.5) is 24.7 Å². The molecule has 0 unspecified atom stereocenters. The molecule has 154 valence electrons. The zero-order valence-electron chi connectivity index (χ0n) is 15.4. The molecule has 10 heteroatoms. The average Bonchev–Trinajstić information content (AvgIpc) is 3.48. The van der Waals surface area contributed by atoms with Crippen LogP contribution in [0.5, 0.6) is 0 Å². The summed E-state index contributed by atoms with van der Waals surface area (Å²) in [5, 5.41) is 0. The largest absolute Gasteiger partial charge is 0.416 e. The van der Waals surface area contributed by atoms with E-state index >= 15 is 0 Å². The predicted octanol–water partition coefficient (Wildman–Crippen LogP) is 1.82. The summed E-state index contributed by atoms with van der Waals surface area (Å²) in [6.45, 7) is 2.13. The monoisotopic (exact) mass is 407 g/mol. The van der Waals surface area contributed by atoms with E-state index in [0.717, 1.165) is 17.7 Å². The molecule has 1 aliphatic carbocycles. The van der Waals surface area contributed by atoms with E-state index in [0.29, 0.717) is 38.3 Å². The molecule has 0 bridgehead atoms. The summed E-state index contributed by atoms with van der Waals surface area (Å²) in [6.07, 6.45) is -2.28. The fourth-order valence-electron chi connectivity index (χ4n) is 3.81. The van der Waals surface area contributed by atoms with Crippen LogP contribution in [-0.4, -0.2) is 47.0 Å². The van der Waals surface area contributed by atoms with Crippen molar-refractivity contribution in [1.82, 2.24) is 14.9 Å². The predicted molar refractivity (Wildman–Crippen MR) is 100 cm³/mol.